The van der Waals surface area contributed by atoms with E-state index in [2.05, 4.69) is 23.3 Å². The maximum atomic E-state index is 12.0. The molecule has 1 aromatic rings. The van der Waals surface area contributed by atoms with Crippen molar-refractivity contribution in [2.45, 2.75) is 20.3 Å². The van der Waals surface area contributed by atoms with Crippen molar-refractivity contribution < 1.29 is 4.79 Å². The van der Waals surface area contributed by atoms with E-state index in [1.54, 1.807) is 0 Å². The van der Waals surface area contributed by atoms with E-state index in [0.717, 1.165) is 25.2 Å². The standard InChI is InChI=1S/C14H20N2O/c1-10-6-11(2)8-13(7-10)15-14(17)12-4-5-16(3)9-12/h6-8,12H,4-5,9H2,1-3H3,(H,15,17). The number of carbonyl (C=O) groups excluding carboxylic acids is 1. The van der Waals surface area contributed by atoms with Gasteiger partial charge in [-0.2, -0.15) is 0 Å². The predicted molar refractivity (Wildman–Crippen MR) is 70.1 cm³/mol. The molecule has 1 amide bonds. The molecular weight excluding hydrogens is 212 g/mol. The van der Waals surface area contributed by atoms with Crippen molar-refractivity contribution >= 4 is 11.6 Å². The molecule has 1 saturated heterocycles. The van der Waals surface area contributed by atoms with Gasteiger partial charge in [-0.3, -0.25) is 4.79 Å². The average molecular weight is 232 g/mol. The third-order valence-electron chi connectivity index (χ3n) is 3.25. The Labute approximate surface area is 103 Å². The van der Waals surface area contributed by atoms with Crippen LogP contribution in [0.4, 0.5) is 5.69 Å². The first-order valence-electron chi connectivity index (χ1n) is 6.12. The van der Waals surface area contributed by atoms with Crippen molar-refractivity contribution in [3.8, 4) is 0 Å². The fraction of sp³-hybridized carbons (Fsp3) is 0.500. The van der Waals surface area contributed by atoms with Gasteiger partial charge in [-0.15, -0.1) is 0 Å². The highest BCUT2D eigenvalue weighted by Crippen LogP contribution is 2.19. The van der Waals surface area contributed by atoms with Crippen molar-refractivity contribution in [1.82, 2.24) is 4.90 Å². The van der Waals surface area contributed by atoms with E-state index in [4.69, 9.17) is 0 Å². The second kappa shape index (κ2) is 4.88. The normalized spacial score (nSPS) is 20.5. The lowest BCUT2D eigenvalue weighted by atomic mass is 10.1. The molecule has 1 unspecified atom stereocenters. The summed E-state index contributed by atoms with van der Waals surface area (Å²) in [7, 11) is 2.06. The lowest BCUT2D eigenvalue weighted by Crippen LogP contribution is -2.25. The molecular formula is C14H20N2O. The Morgan fingerprint density at radius 2 is 1.94 bits per heavy atom. The number of hydrogen-bond donors (Lipinski definition) is 1. The van der Waals surface area contributed by atoms with E-state index < -0.39 is 0 Å². The molecule has 0 aromatic heterocycles. The fourth-order valence-corrected chi connectivity index (χ4v) is 2.44. The third kappa shape index (κ3) is 3.07. The Bertz CT molecular complexity index is 408. The Kier molecular flexibility index (Phi) is 3.48. The van der Waals surface area contributed by atoms with Crippen LogP contribution in [0.15, 0.2) is 18.2 Å². The van der Waals surface area contributed by atoms with E-state index in [0.29, 0.717) is 0 Å². The lowest BCUT2D eigenvalue weighted by molar-refractivity contribution is -0.119. The number of amides is 1. The first-order chi connectivity index (χ1) is 8.04. The smallest absolute Gasteiger partial charge is 0.228 e. The maximum Gasteiger partial charge on any atom is 0.228 e. The van der Waals surface area contributed by atoms with Gasteiger partial charge in [0.25, 0.3) is 0 Å². The summed E-state index contributed by atoms with van der Waals surface area (Å²) in [6.07, 6.45) is 0.965. The van der Waals surface area contributed by atoms with E-state index in [9.17, 15) is 4.79 Å². The summed E-state index contributed by atoms with van der Waals surface area (Å²) in [5.41, 5.74) is 3.29. The molecule has 0 bridgehead atoms. The van der Waals surface area contributed by atoms with Crippen LogP contribution in [-0.2, 0) is 4.79 Å². The SMILES string of the molecule is Cc1cc(C)cc(NC(=O)C2CCN(C)C2)c1. The van der Waals surface area contributed by atoms with Crippen molar-refractivity contribution in [2.75, 3.05) is 25.5 Å². The van der Waals surface area contributed by atoms with Gasteiger partial charge in [-0.05, 0) is 57.1 Å². The van der Waals surface area contributed by atoms with Gasteiger partial charge in [-0.1, -0.05) is 6.07 Å². The Hall–Kier alpha value is -1.35. The molecule has 2 rings (SSSR count). The summed E-state index contributed by atoms with van der Waals surface area (Å²) in [6, 6.07) is 6.14. The Morgan fingerprint density at radius 1 is 1.29 bits per heavy atom. The number of hydrogen-bond acceptors (Lipinski definition) is 2. The molecule has 0 radical (unpaired) electrons. The molecule has 0 spiro atoms. The number of nitrogens with zero attached hydrogens (tertiary/aromatic N) is 1. The maximum absolute atomic E-state index is 12.0. The minimum absolute atomic E-state index is 0.140. The summed E-state index contributed by atoms with van der Waals surface area (Å²) in [4.78, 5) is 14.2. The summed E-state index contributed by atoms with van der Waals surface area (Å²) >= 11 is 0. The van der Waals surface area contributed by atoms with Crippen LogP contribution in [0, 0.1) is 19.8 Å². The molecule has 1 aromatic carbocycles. The predicted octanol–water partition coefficient (Wildman–Crippen LogP) is 2.19. The van der Waals surface area contributed by atoms with E-state index in [1.165, 1.54) is 11.1 Å². The van der Waals surface area contributed by atoms with Gasteiger partial charge < -0.3 is 10.2 Å². The number of aryl methyl sites for hydroxylation is 2. The van der Waals surface area contributed by atoms with Crippen molar-refractivity contribution in [3.63, 3.8) is 0 Å². The Morgan fingerprint density at radius 3 is 2.47 bits per heavy atom. The Balaban J connectivity index is 2.03. The zero-order valence-electron chi connectivity index (χ0n) is 10.8. The largest absolute Gasteiger partial charge is 0.326 e. The lowest BCUT2D eigenvalue weighted by Gasteiger charge is -2.12. The number of likely N-dealkylation sites (tertiary alicyclic amines) is 1. The van der Waals surface area contributed by atoms with Gasteiger partial charge in [0.2, 0.25) is 5.91 Å². The molecule has 1 atom stereocenters. The summed E-state index contributed by atoms with van der Waals surface area (Å²) in [6.45, 7) is 5.99. The van der Waals surface area contributed by atoms with Gasteiger partial charge in [0, 0.05) is 12.2 Å². The van der Waals surface area contributed by atoms with Crippen LogP contribution < -0.4 is 5.32 Å². The molecule has 1 aliphatic rings. The van der Waals surface area contributed by atoms with Crippen LogP contribution in [0.5, 0.6) is 0 Å². The monoisotopic (exact) mass is 232 g/mol. The van der Waals surface area contributed by atoms with Gasteiger partial charge in [0.15, 0.2) is 0 Å². The van der Waals surface area contributed by atoms with Gasteiger partial charge in [-0.25, -0.2) is 0 Å². The minimum atomic E-state index is 0.140. The molecule has 0 aliphatic carbocycles. The van der Waals surface area contributed by atoms with Crippen LogP contribution >= 0.6 is 0 Å². The molecule has 0 saturated carbocycles. The minimum Gasteiger partial charge on any atom is -0.326 e. The average Bonchev–Trinajstić information content (AvgIpc) is 2.63. The van der Waals surface area contributed by atoms with E-state index in [-0.39, 0.29) is 11.8 Å². The van der Waals surface area contributed by atoms with Gasteiger partial charge in [0.1, 0.15) is 0 Å². The molecule has 1 N–H and O–H groups in total. The highest BCUT2D eigenvalue weighted by Gasteiger charge is 2.25. The zero-order chi connectivity index (χ0) is 12.4. The van der Waals surface area contributed by atoms with E-state index in [1.807, 2.05) is 26.0 Å². The molecule has 92 valence electrons. The summed E-state index contributed by atoms with van der Waals surface area (Å²) in [5, 5.41) is 3.02. The van der Waals surface area contributed by atoms with Crippen LogP contribution in [0.2, 0.25) is 0 Å². The second-order valence-electron chi connectivity index (χ2n) is 5.11. The molecule has 1 fully saturated rings. The van der Waals surface area contributed by atoms with Crippen LogP contribution in [0.1, 0.15) is 17.5 Å². The first-order valence-corrected chi connectivity index (χ1v) is 6.12. The number of nitrogens with one attached hydrogen (secondary N) is 1. The van der Waals surface area contributed by atoms with Gasteiger partial charge >= 0.3 is 0 Å². The quantitative estimate of drug-likeness (QED) is 0.847. The van der Waals surface area contributed by atoms with Crippen molar-refractivity contribution in [1.29, 1.82) is 0 Å². The first kappa shape index (κ1) is 12.1. The number of rotatable bonds is 2. The van der Waals surface area contributed by atoms with Crippen LogP contribution in [-0.4, -0.2) is 30.9 Å². The highest BCUT2D eigenvalue weighted by molar-refractivity contribution is 5.93. The number of carbonyl (C=O) groups is 1. The van der Waals surface area contributed by atoms with Gasteiger partial charge in [0.05, 0.1) is 5.92 Å². The summed E-state index contributed by atoms with van der Waals surface area (Å²) in [5.74, 6) is 0.292. The number of anilines is 1. The molecule has 3 heteroatoms. The third-order valence-corrected chi connectivity index (χ3v) is 3.25. The number of benzene rings is 1. The topological polar surface area (TPSA) is 32.3 Å². The van der Waals surface area contributed by atoms with Crippen LogP contribution in [0.25, 0.3) is 0 Å². The van der Waals surface area contributed by atoms with Crippen molar-refractivity contribution in [2.24, 2.45) is 5.92 Å². The molecule has 1 aliphatic heterocycles. The van der Waals surface area contributed by atoms with Crippen molar-refractivity contribution in [3.05, 3.63) is 29.3 Å². The summed E-state index contributed by atoms with van der Waals surface area (Å²) < 4.78 is 0. The van der Waals surface area contributed by atoms with Crippen LogP contribution in [0.3, 0.4) is 0 Å². The molecule has 3 nitrogen and oxygen atoms in total. The highest BCUT2D eigenvalue weighted by atomic mass is 16.1. The second-order valence-corrected chi connectivity index (χ2v) is 5.11. The molecule has 1 heterocycles. The fourth-order valence-electron chi connectivity index (χ4n) is 2.44. The molecule has 17 heavy (non-hydrogen) atoms. The van der Waals surface area contributed by atoms with E-state index >= 15 is 0 Å². The zero-order valence-corrected chi connectivity index (χ0v) is 10.8.